The first-order chi connectivity index (χ1) is 13.6. The van der Waals surface area contributed by atoms with E-state index in [2.05, 4.69) is 43.3 Å². The molecule has 1 heterocycles. The van der Waals surface area contributed by atoms with Crippen molar-refractivity contribution < 1.29 is 9.53 Å². The Morgan fingerprint density at radius 2 is 1.75 bits per heavy atom. The number of rotatable bonds is 3. The topological polar surface area (TPSA) is 29.5 Å². The highest BCUT2D eigenvalue weighted by Gasteiger charge is 2.53. The van der Waals surface area contributed by atoms with Crippen molar-refractivity contribution in [3.05, 3.63) is 94.5 Å². The van der Waals surface area contributed by atoms with Gasteiger partial charge in [-0.15, -0.1) is 0 Å². The summed E-state index contributed by atoms with van der Waals surface area (Å²) in [5.74, 6) is 1.05. The number of hydrogen-bond donors (Lipinski definition) is 0. The van der Waals surface area contributed by atoms with E-state index in [0.717, 1.165) is 29.8 Å². The SMILES string of the molecule is COc1ccc(CN2C(=O)C3(Cc4cccc(C)c4C3)c3ccccc32)cc1. The molecule has 140 valence electrons. The van der Waals surface area contributed by atoms with Gasteiger partial charge in [-0.3, -0.25) is 4.79 Å². The first-order valence-corrected chi connectivity index (χ1v) is 9.74. The summed E-state index contributed by atoms with van der Waals surface area (Å²) in [5.41, 5.74) is 6.81. The van der Waals surface area contributed by atoms with Crippen LogP contribution in [-0.4, -0.2) is 13.0 Å². The minimum Gasteiger partial charge on any atom is -0.497 e. The highest BCUT2D eigenvalue weighted by atomic mass is 16.5. The molecule has 0 radical (unpaired) electrons. The average Bonchev–Trinajstić information content (AvgIpc) is 3.23. The summed E-state index contributed by atoms with van der Waals surface area (Å²) < 4.78 is 5.26. The zero-order chi connectivity index (χ0) is 19.3. The van der Waals surface area contributed by atoms with Crippen molar-refractivity contribution in [3.8, 4) is 5.75 Å². The van der Waals surface area contributed by atoms with Gasteiger partial charge in [-0.1, -0.05) is 48.5 Å². The van der Waals surface area contributed by atoms with Crippen LogP contribution in [0.15, 0.2) is 66.7 Å². The molecule has 0 N–H and O–H groups in total. The number of methoxy groups -OCH3 is 1. The van der Waals surface area contributed by atoms with E-state index >= 15 is 0 Å². The van der Waals surface area contributed by atoms with Gasteiger partial charge in [-0.25, -0.2) is 0 Å². The zero-order valence-electron chi connectivity index (χ0n) is 16.2. The minimum atomic E-state index is -0.461. The fourth-order valence-corrected chi connectivity index (χ4v) is 4.88. The predicted molar refractivity (Wildman–Crippen MR) is 111 cm³/mol. The number of aryl methyl sites for hydroxylation is 1. The molecule has 0 bridgehead atoms. The maximum absolute atomic E-state index is 13.8. The van der Waals surface area contributed by atoms with Crippen molar-refractivity contribution in [1.82, 2.24) is 0 Å². The van der Waals surface area contributed by atoms with E-state index in [1.807, 2.05) is 35.2 Å². The Hall–Kier alpha value is -3.07. The molecule has 1 aliphatic heterocycles. The third-order valence-electron chi connectivity index (χ3n) is 6.34. The van der Waals surface area contributed by atoms with Crippen LogP contribution < -0.4 is 9.64 Å². The summed E-state index contributed by atoms with van der Waals surface area (Å²) in [7, 11) is 1.67. The number of fused-ring (bicyclic) bond motifs is 3. The van der Waals surface area contributed by atoms with Gasteiger partial charge in [-0.2, -0.15) is 0 Å². The molecule has 0 fully saturated rings. The second-order valence-corrected chi connectivity index (χ2v) is 7.90. The predicted octanol–water partition coefficient (Wildman–Crippen LogP) is 4.59. The normalized spacial score (nSPS) is 19.8. The van der Waals surface area contributed by atoms with Crippen molar-refractivity contribution in [2.75, 3.05) is 12.0 Å². The third-order valence-corrected chi connectivity index (χ3v) is 6.34. The Labute approximate surface area is 165 Å². The van der Waals surface area contributed by atoms with Crippen molar-refractivity contribution in [2.45, 2.75) is 31.7 Å². The Bertz CT molecular complexity index is 1070. The molecule has 0 aromatic heterocycles. The fourth-order valence-electron chi connectivity index (χ4n) is 4.88. The number of ether oxygens (including phenoxy) is 1. The molecule has 1 amide bonds. The third kappa shape index (κ3) is 2.39. The molecule has 1 spiro atoms. The molecule has 3 heteroatoms. The maximum Gasteiger partial charge on any atom is 0.238 e. The largest absolute Gasteiger partial charge is 0.497 e. The summed E-state index contributed by atoms with van der Waals surface area (Å²) >= 11 is 0. The molecule has 3 aromatic carbocycles. The number of amides is 1. The summed E-state index contributed by atoms with van der Waals surface area (Å²) in [6, 6.07) is 22.7. The van der Waals surface area contributed by atoms with E-state index in [4.69, 9.17) is 4.74 Å². The number of carbonyl (C=O) groups excluding carboxylic acids is 1. The van der Waals surface area contributed by atoms with Crippen LogP contribution in [0.25, 0.3) is 0 Å². The fraction of sp³-hybridized carbons (Fsp3) is 0.240. The zero-order valence-corrected chi connectivity index (χ0v) is 16.2. The lowest BCUT2D eigenvalue weighted by atomic mass is 9.79. The van der Waals surface area contributed by atoms with Crippen LogP contribution >= 0.6 is 0 Å². The van der Waals surface area contributed by atoms with Crippen molar-refractivity contribution in [1.29, 1.82) is 0 Å². The first kappa shape index (κ1) is 17.1. The Morgan fingerprint density at radius 1 is 0.964 bits per heavy atom. The number of benzene rings is 3. The lowest BCUT2D eigenvalue weighted by molar-refractivity contribution is -0.123. The first-order valence-electron chi connectivity index (χ1n) is 9.74. The van der Waals surface area contributed by atoms with Crippen molar-refractivity contribution in [2.24, 2.45) is 0 Å². The summed E-state index contributed by atoms with van der Waals surface area (Å²) in [6.45, 7) is 2.73. The van der Waals surface area contributed by atoms with Gasteiger partial charge in [0.25, 0.3) is 0 Å². The number of para-hydroxylation sites is 1. The average molecular weight is 369 g/mol. The van der Waals surface area contributed by atoms with Crippen LogP contribution in [0.1, 0.15) is 27.8 Å². The van der Waals surface area contributed by atoms with Crippen LogP contribution in [0.4, 0.5) is 5.69 Å². The Kier molecular flexibility index (Phi) is 3.80. The quantitative estimate of drug-likeness (QED) is 0.676. The van der Waals surface area contributed by atoms with Crippen LogP contribution in [-0.2, 0) is 29.6 Å². The van der Waals surface area contributed by atoms with Gasteiger partial charge in [-0.05, 0) is 65.8 Å². The maximum atomic E-state index is 13.8. The monoisotopic (exact) mass is 369 g/mol. The van der Waals surface area contributed by atoms with Crippen LogP contribution in [0, 0.1) is 6.92 Å². The van der Waals surface area contributed by atoms with Gasteiger partial charge in [0.05, 0.1) is 19.1 Å². The van der Waals surface area contributed by atoms with E-state index in [1.54, 1.807) is 7.11 Å². The minimum absolute atomic E-state index is 0.222. The van der Waals surface area contributed by atoms with Gasteiger partial charge in [0, 0.05) is 5.69 Å². The molecular weight excluding hydrogens is 346 g/mol. The van der Waals surface area contributed by atoms with Crippen LogP contribution in [0.2, 0.25) is 0 Å². The molecule has 5 rings (SSSR count). The summed E-state index contributed by atoms with van der Waals surface area (Å²) in [4.78, 5) is 15.8. The van der Waals surface area contributed by atoms with E-state index in [0.29, 0.717) is 6.54 Å². The smallest absolute Gasteiger partial charge is 0.238 e. The summed E-state index contributed by atoms with van der Waals surface area (Å²) in [5, 5.41) is 0. The number of carbonyl (C=O) groups is 1. The lowest BCUT2D eigenvalue weighted by Crippen LogP contribution is -2.40. The molecule has 1 aliphatic carbocycles. The van der Waals surface area contributed by atoms with Crippen molar-refractivity contribution >= 4 is 11.6 Å². The van der Waals surface area contributed by atoms with E-state index in [1.165, 1.54) is 22.3 Å². The van der Waals surface area contributed by atoms with E-state index < -0.39 is 5.41 Å². The molecule has 28 heavy (non-hydrogen) atoms. The lowest BCUT2D eigenvalue weighted by Gasteiger charge is -2.24. The van der Waals surface area contributed by atoms with Gasteiger partial charge in [0.15, 0.2) is 0 Å². The number of hydrogen-bond acceptors (Lipinski definition) is 2. The van der Waals surface area contributed by atoms with E-state index in [-0.39, 0.29) is 5.91 Å². The van der Waals surface area contributed by atoms with Gasteiger partial charge in [0.1, 0.15) is 5.75 Å². The Morgan fingerprint density at radius 3 is 2.50 bits per heavy atom. The highest BCUT2D eigenvalue weighted by Crippen LogP contribution is 2.50. The molecule has 0 saturated heterocycles. The molecule has 0 saturated carbocycles. The molecule has 2 aliphatic rings. The van der Waals surface area contributed by atoms with Gasteiger partial charge in [0.2, 0.25) is 5.91 Å². The second-order valence-electron chi connectivity index (χ2n) is 7.90. The summed E-state index contributed by atoms with van der Waals surface area (Å²) in [6.07, 6.45) is 1.59. The number of anilines is 1. The second kappa shape index (κ2) is 6.23. The Balaban J connectivity index is 1.55. The van der Waals surface area contributed by atoms with Gasteiger partial charge >= 0.3 is 0 Å². The standard InChI is InChI=1S/C25H23NO2/c1-17-6-5-7-19-14-25(15-21(17)19)22-8-3-4-9-23(22)26(24(25)27)16-18-10-12-20(28-2)13-11-18/h3-13H,14-16H2,1-2H3. The van der Waals surface area contributed by atoms with Crippen LogP contribution in [0.3, 0.4) is 0 Å². The molecule has 1 atom stereocenters. The molecular formula is C25H23NO2. The van der Waals surface area contributed by atoms with Crippen molar-refractivity contribution in [3.63, 3.8) is 0 Å². The van der Waals surface area contributed by atoms with Crippen LogP contribution in [0.5, 0.6) is 5.75 Å². The highest BCUT2D eigenvalue weighted by molar-refractivity contribution is 6.09. The molecule has 3 nitrogen and oxygen atoms in total. The van der Waals surface area contributed by atoms with Gasteiger partial charge < -0.3 is 9.64 Å². The number of nitrogens with zero attached hydrogens (tertiary/aromatic N) is 1. The van der Waals surface area contributed by atoms with E-state index in [9.17, 15) is 4.79 Å². The molecule has 3 aromatic rings. The molecule has 1 unspecified atom stereocenters.